The Labute approximate surface area is 150 Å². The van der Waals surface area contributed by atoms with E-state index in [-0.39, 0.29) is 12.4 Å². The minimum atomic E-state index is -1.34. The van der Waals surface area contributed by atoms with Gasteiger partial charge in [0.2, 0.25) is 5.54 Å². The van der Waals surface area contributed by atoms with Gasteiger partial charge in [-0.1, -0.05) is 39.8 Å². The van der Waals surface area contributed by atoms with E-state index in [1.54, 1.807) is 25.3 Å². The molecule has 3 rings (SSSR count). The first-order valence-corrected chi connectivity index (χ1v) is 9.25. The van der Waals surface area contributed by atoms with Crippen LogP contribution in [0.3, 0.4) is 0 Å². The van der Waals surface area contributed by atoms with Crippen molar-refractivity contribution in [2.45, 2.75) is 17.7 Å². The molecule has 0 fully saturated rings. The molecule has 0 aliphatic carbocycles. The molecule has 0 amide bonds. The zero-order valence-corrected chi connectivity index (χ0v) is 15.1. The molecule has 1 aromatic heterocycles. The fraction of sp³-hybridized carbons (Fsp3) is 0.312. The molecule has 8 heteroatoms. The molecule has 1 aliphatic rings. The Bertz CT molecular complexity index is 751. The van der Waals surface area contributed by atoms with Gasteiger partial charge >= 0.3 is 5.97 Å². The fourth-order valence-corrected chi connectivity index (χ4v) is 4.36. The van der Waals surface area contributed by atoms with Gasteiger partial charge in [0.15, 0.2) is 6.39 Å². The molecule has 5 nitrogen and oxygen atoms in total. The number of oxazole rings is 1. The Balaban J connectivity index is 2.18. The maximum absolute atomic E-state index is 13.4. The summed E-state index contributed by atoms with van der Waals surface area (Å²) in [4.78, 5) is 21.5. The number of esters is 1. The lowest BCUT2D eigenvalue weighted by atomic mass is 9.85. The molecule has 2 unspecified atom stereocenters. The Morgan fingerprint density at radius 1 is 1.46 bits per heavy atom. The van der Waals surface area contributed by atoms with Crippen LogP contribution in [0.15, 0.2) is 46.3 Å². The zero-order chi connectivity index (χ0) is 17.2. The third-order valence-electron chi connectivity index (χ3n) is 3.63. The van der Waals surface area contributed by atoms with Crippen molar-refractivity contribution in [3.05, 3.63) is 54.0 Å². The highest BCUT2D eigenvalue weighted by molar-refractivity contribution is 9.09. The second-order valence-corrected chi connectivity index (χ2v) is 6.77. The van der Waals surface area contributed by atoms with E-state index in [0.717, 1.165) is 5.04 Å². The summed E-state index contributed by atoms with van der Waals surface area (Å²) >= 11 is 4.78. The van der Waals surface area contributed by atoms with Crippen LogP contribution >= 0.6 is 27.7 Å². The number of halogens is 2. The lowest BCUT2D eigenvalue weighted by molar-refractivity contribution is -0.150. The van der Waals surface area contributed by atoms with Crippen molar-refractivity contribution in [1.29, 1.82) is 0 Å². The van der Waals surface area contributed by atoms with E-state index in [1.165, 1.54) is 30.3 Å². The predicted octanol–water partition coefficient (Wildman–Crippen LogP) is 3.85. The summed E-state index contributed by atoms with van der Waals surface area (Å²) in [5.74, 6) is -0.372. The van der Waals surface area contributed by atoms with Gasteiger partial charge in [0.25, 0.3) is 0 Å². The minimum Gasteiger partial charge on any atom is -0.464 e. The number of carbonyl (C=O) groups excluding carboxylic acids is 1. The molecule has 0 N–H and O–H groups in total. The second kappa shape index (κ2) is 7.06. The molecule has 126 valence electrons. The molecule has 2 heterocycles. The molecule has 0 spiro atoms. The van der Waals surface area contributed by atoms with Crippen LogP contribution in [-0.2, 0) is 15.1 Å². The minimum absolute atomic E-state index is 0.217. The van der Waals surface area contributed by atoms with Gasteiger partial charge in [-0.3, -0.25) is 4.99 Å². The van der Waals surface area contributed by atoms with Crippen molar-refractivity contribution in [2.24, 2.45) is 4.99 Å². The Hall–Kier alpha value is -1.67. The first-order valence-electron chi connectivity index (χ1n) is 7.24. The van der Waals surface area contributed by atoms with Gasteiger partial charge in [-0.2, -0.15) is 0 Å². The summed E-state index contributed by atoms with van der Waals surface area (Å²) in [5, 5.41) is 0.746. The SMILES string of the molecule is CCOC(=O)C1(c2ccc(F)cc2)N=C(CBr)SC1c1cnco1. The highest BCUT2D eigenvalue weighted by atomic mass is 79.9. The average Bonchev–Trinajstić information content (AvgIpc) is 3.23. The largest absolute Gasteiger partial charge is 0.464 e. The smallest absolute Gasteiger partial charge is 0.340 e. The first-order chi connectivity index (χ1) is 11.6. The summed E-state index contributed by atoms with van der Waals surface area (Å²) in [5.41, 5.74) is -0.788. The number of ether oxygens (including phenoxy) is 1. The standard InChI is InChI=1S/C16H14BrFN2O3S/c1-2-22-15(21)16(10-3-5-11(18)6-4-10)14(12-8-19-9-23-12)24-13(7-17)20-16/h3-6,8-9,14H,2,7H2,1H3. The highest BCUT2D eigenvalue weighted by Gasteiger charge is 2.55. The number of hydrogen-bond acceptors (Lipinski definition) is 6. The van der Waals surface area contributed by atoms with Crippen LogP contribution in [0.1, 0.15) is 23.5 Å². The van der Waals surface area contributed by atoms with Crippen LogP contribution in [0.2, 0.25) is 0 Å². The van der Waals surface area contributed by atoms with Crippen LogP contribution in [0.4, 0.5) is 4.39 Å². The summed E-state index contributed by atoms with van der Waals surface area (Å²) < 4.78 is 24.1. The Morgan fingerprint density at radius 3 is 2.79 bits per heavy atom. The molecule has 2 aromatic rings. The van der Waals surface area contributed by atoms with Crippen molar-refractivity contribution in [3.63, 3.8) is 0 Å². The molecule has 0 bridgehead atoms. The number of rotatable bonds is 5. The molecule has 24 heavy (non-hydrogen) atoms. The van der Waals surface area contributed by atoms with Gasteiger partial charge in [0.05, 0.1) is 23.2 Å². The van der Waals surface area contributed by atoms with E-state index in [9.17, 15) is 9.18 Å². The van der Waals surface area contributed by atoms with E-state index in [0.29, 0.717) is 16.7 Å². The van der Waals surface area contributed by atoms with E-state index < -0.39 is 16.8 Å². The van der Waals surface area contributed by atoms with Crippen molar-refractivity contribution < 1.29 is 18.3 Å². The van der Waals surface area contributed by atoms with Gasteiger partial charge in [-0.05, 0) is 24.6 Å². The second-order valence-electron chi connectivity index (χ2n) is 5.03. The number of hydrogen-bond donors (Lipinski definition) is 0. The molecular weight excluding hydrogens is 399 g/mol. The lowest BCUT2D eigenvalue weighted by Gasteiger charge is -2.29. The normalized spacial score (nSPS) is 23.1. The highest BCUT2D eigenvalue weighted by Crippen LogP contribution is 2.54. The topological polar surface area (TPSA) is 64.7 Å². The molecule has 1 aromatic carbocycles. The van der Waals surface area contributed by atoms with Crippen LogP contribution in [0.5, 0.6) is 0 Å². The van der Waals surface area contributed by atoms with E-state index in [2.05, 4.69) is 25.9 Å². The average molecular weight is 413 g/mol. The third kappa shape index (κ3) is 2.88. The van der Waals surface area contributed by atoms with Crippen LogP contribution in [0.25, 0.3) is 0 Å². The summed E-state index contributed by atoms with van der Waals surface area (Å²) in [6.45, 7) is 1.95. The zero-order valence-electron chi connectivity index (χ0n) is 12.7. The Morgan fingerprint density at radius 2 is 2.21 bits per heavy atom. The monoisotopic (exact) mass is 412 g/mol. The fourth-order valence-electron chi connectivity index (χ4n) is 2.61. The van der Waals surface area contributed by atoms with Gasteiger partial charge in [-0.25, -0.2) is 14.2 Å². The quantitative estimate of drug-likeness (QED) is 0.550. The van der Waals surface area contributed by atoms with Crippen molar-refractivity contribution in [3.8, 4) is 0 Å². The van der Waals surface area contributed by atoms with Crippen molar-refractivity contribution in [2.75, 3.05) is 11.9 Å². The number of aliphatic imine (C=N–C) groups is 1. The number of thioether (sulfide) groups is 1. The van der Waals surface area contributed by atoms with E-state index >= 15 is 0 Å². The first kappa shape index (κ1) is 17.2. The van der Waals surface area contributed by atoms with E-state index in [1.807, 2.05) is 0 Å². The van der Waals surface area contributed by atoms with Crippen LogP contribution in [0, 0.1) is 5.82 Å². The number of nitrogens with zero attached hydrogens (tertiary/aromatic N) is 2. The van der Waals surface area contributed by atoms with Gasteiger partial charge < -0.3 is 9.15 Å². The molecule has 0 radical (unpaired) electrons. The number of alkyl halides is 1. The third-order valence-corrected chi connectivity index (χ3v) is 5.85. The van der Waals surface area contributed by atoms with Crippen molar-refractivity contribution >= 4 is 38.7 Å². The molecule has 1 aliphatic heterocycles. The molecule has 2 atom stereocenters. The molecule has 0 saturated carbocycles. The maximum Gasteiger partial charge on any atom is 0.340 e. The number of aromatic nitrogens is 1. The summed E-state index contributed by atoms with van der Waals surface area (Å²) in [7, 11) is 0. The lowest BCUT2D eigenvalue weighted by Crippen LogP contribution is -2.38. The van der Waals surface area contributed by atoms with Gasteiger partial charge in [0.1, 0.15) is 16.8 Å². The van der Waals surface area contributed by atoms with Crippen LogP contribution < -0.4 is 0 Å². The van der Waals surface area contributed by atoms with Gasteiger partial charge in [0, 0.05) is 0 Å². The Kier molecular flexibility index (Phi) is 5.05. The molecular formula is C16H14BrFN2O3S. The van der Waals surface area contributed by atoms with Crippen molar-refractivity contribution in [1.82, 2.24) is 4.98 Å². The number of carbonyl (C=O) groups is 1. The van der Waals surface area contributed by atoms with E-state index in [4.69, 9.17) is 9.15 Å². The summed E-state index contributed by atoms with van der Waals surface area (Å²) in [6, 6.07) is 5.72. The van der Waals surface area contributed by atoms with Gasteiger partial charge in [-0.15, -0.1) is 0 Å². The predicted molar refractivity (Wildman–Crippen MR) is 92.8 cm³/mol. The maximum atomic E-state index is 13.4. The molecule has 0 saturated heterocycles. The number of benzene rings is 1. The summed E-state index contributed by atoms with van der Waals surface area (Å²) in [6.07, 6.45) is 2.87. The van der Waals surface area contributed by atoms with Crippen LogP contribution in [-0.4, -0.2) is 27.9 Å².